The van der Waals surface area contributed by atoms with Gasteiger partial charge in [0, 0.05) is 24.6 Å². The van der Waals surface area contributed by atoms with E-state index >= 15 is 0 Å². The monoisotopic (exact) mass is 288 g/mol. The molecular formula is C14H16N4O3. The molecule has 0 fully saturated rings. The number of nitrogens with one attached hydrogen (secondary N) is 2. The van der Waals surface area contributed by atoms with Crippen LogP contribution in [0, 0.1) is 6.92 Å². The number of urea groups is 1. The van der Waals surface area contributed by atoms with E-state index in [2.05, 4.69) is 15.7 Å². The second kappa shape index (κ2) is 6.56. The number of carboxylic acids is 1. The largest absolute Gasteiger partial charge is 0.478 e. The first kappa shape index (κ1) is 14.6. The van der Waals surface area contributed by atoms with Gasteiger partial charge in [0.2, 0.25) is 0 Å². The first-order chi connectivity index (χ1) is 10.1. The molecule has 1 aromatic carbocycles. The van der Waals surface area contributed by atoms with Gasteiger partial charge in [0.25, 0.3) is 0 Å². The van der Waals surface area contributed by atoms with Crippen LogP contribution in [0.5, 0.6) is 0 Å². The van der Waals surface area contributed by atoms with Crippen LogP contribution in [0.2, 0.25) is 0 Å². The van der Waals surface area contributed by atoms with Crippen molar-refractivity contribution in [3.8, 4) is 0 Å². The van der Waals surface area contributed by atoms with Gasteiger partial charge in [0.1, 0.15) is 0 Å². The van der Waals surface area contributed by atoms with Gasteiger partial charge >= 0.3 is 12.0 Å². The Bertz CT molecular complexity index is 638. The first-order valence-electron chi connectivity index (χ1n) is 6.43. The van der Waals surface area contributed by atoms with Crippen LogP contribution in [0.25, 0.3) is 0 Å². The summed E-state index contributed by atoms with van der Waals surface area (Å²) in [5.74, 6) is -1.02. The summed E-state index contributed by atoms with van der Waals surface area (Å²) in [5, 5.41) is 18.4. The average molecular weight is 288 g/mol. The Morgan fingerprint density at radius 1 is 1.33 bits per heavy atom. The van der Waals surface area contributed by atoms with Crippen LogP contribution in [0.4, 0.5) is 10.5 Å². The molecule has 2 rings (SSSR count). The van der Waals surface area contributed by atoms with Gasteiger partial charge in [0.05, 0.1) is 12.1 Å². The molecule has 110 valence electrons. The molecule has 1 aromatic heterocycles. The minimum absolute atomic E-state index is 0.171. The summed E-state index contributed by atoms with van der Waals surface area (Å²) in [7, 11) is 0. The molecule has 0 aliphatic carbocycles. The molecule has 7 nitrogen and oxygen atoms in total. The van der Waals surface area contributed by atoms with Crippen LogP contribution in [-0.4, -0.2) is 33.4 Å². The van der Waals surface area contributed by atoms with Crippen LogP contribution in [0.15, 0.2) is 36.7 Å². The molecule has 21 heavy (non-hydrogen) atoms. The highest BCUT2D eigenvalue weighted by Crippen LogP contribution is 2.18. The lowest BCUT2D eigenvalue weighted by Crippen LogP contribution is -2.31. The third-order valence-corrected chi connectivity index (χ3v) is 3.00. The van der Waals surface area contributed by atoms with Crippen molar-refractivity contribution in [2.24, 2.45) is 0 Å². The lowest BCUT2D eigenvalue weighted by molar-refractivity contribution is 0.0696. The molecule has 0 saturated heterocycles. The van der Waals surface area contributed by atoms with Crippen molar-refractivity contribution >= 4 is 17.7 Å². The van der Waals surface area contributed by atoms with Gasteiger partial charge in [-0.3, -0.25) is 4.68 Å². The van der Waals surface area contributed by atoms with Crippen molar-refractivity contribution in [2.75, 3.05) is 11.9 Å². The fourth-order valence-electron chi connectivity index (χ4n) is 1.89. The van der Waals surface area contributed by atoms with E-state index in [1.54, 1.807) is 42.2 Å². The third-order valence-electron chi connectivity index (χ3n) is 3.00. The van der Waals surface area contributed by atoms with Crippen molar-refractivity contribution in [3.63, 3.8) is 0 Å². The first-order valence-corrected chi connectivity index (χ1v) is 6.43. The molecule has 0 radical (unpaired) electrons. The summed E-state index contributed by atoms with van der Waals surface area (Å²) in [6.45, 7) is 2.64. The average Bonchev–Trinajstić information content (AvgIpc) is 2.94. The van der Waals surface area contributed by atoms with E-state index < -0.39 is 5.97 Å². The van der Waals surface area contributed by atoms with E-state index in [0.29, 0.717) is 24.3 Å². The molecule has 0 aliphatic rings. The number of aromatic nitrogens is 2. The lowest BCUT2D eigenvalue weighted by atomic mass is 10.1. The fraction of sp³-hybridized carbons (Fsp3) is 0.214. The van der Waals surface area contributed by atoms with E-state index in [1.165, 1.54) is 6.07 Å². The summed E-state index contributed by atoms with van der Waals surface area (Å²) in [6, 6.07) is 6.18. The quantitative estimate of drug-likeness (QED) is 0.780. The number of carbonyl (C=O) groups is 2. The maximum absolute atomic E-state index is 11.8. The van der Waals surface area contributed by atoms with Gasteiger partial charge < -0.3 is 15.7 Å². The van der Waals surface area contributed by atoms with Gasteiger partial charge in [-0.25, -0.2) is 9.59 Å². The number of aromatic carboxylic acids is 1. The van der Waals surface area contributed by atoms with E-state index in [-0.39, 0.29) is 11.6 Å². The topological polar surface area (TPSA) is 96.3 Å². The molecule has 0 saturated carbocycles. The maximum atomic E-state index is 11.8. The van der Waals surface area contributed by atoms with Crippen LogP contribution in [0.1, 0.15) is 15.9 Å². The Morgan fingerprint density at radius 2 is 2.14 bits per heavy atom. The van der Waals surface area contributed by atoms with Crippen molar-refractivity contribution in [1.29, 1.82) is 0 Å². The van der Waals surface area contributed by atoms with Crippen LogP contribution in [0.3, 0.4) is 0 Å². The molecule has 0 atom stereocenters. The minimum Gasteiger partial charge on any atom is -0.478 e. The van der Waals surface area contributed by atoms with Crippen molar-refractivity contribution < 1.29 is 14.7 Å². The number of hydrogen-bond acceptors (Lipinski definition) is 3. The number of rotatable bonds is 5. The van der Waals surface area contributed by atoms with Gasteiger partial charge in [-0.2, -0.15) is 5.10 Å². The Labute approximate surface area is 121 Å². The molecule has 3 N–H and O–H groups in total. The predicted octanol–water partition coefficient (Wildman–Crippen LogP) is 1.71. The number of carbonyl (C=O) groups excluding carboxylic acids is 1. The summed E-state index contributed by atoms with van der Waals surface area (Å²) < 4.78 is 1.70. The second-order valence-electron chi connectivity index (χ2n) is 4.43. The lowest BCUT2D eigenvalue weighted by Gasteiger charge is -2.11. The summed E-state index contributed by atoms with van der Waals surface area (Å²) >= 11 is 0. The minimum atomic E-state index is -1.02. The highest BCUT2D eigenvalue weighted by Gasteiger charge is 2.11. The Hall–Kier alpha value is -2.83. The second-order valence-corrected chi connectivity index (χ2v) is 4.43. The highest BCUT2D eigenvalue weighted by molar-refractivity contribution is 5.95. The number of hydrogen-bond donors (Lipinski definition) is 3. The molecule has 2 amide bonds. The van der Waals surface area contributed by atoms with E-state index in [9.17, 15) is 9.59 Å². The molecular weight excluding hydrogens is 272 g/mol. The van der Waals surface area contributed by atoms with E-state index in [4.69, 9.17) is 5.11 Å². The summed E-state index contributed by atoms with van der Waals surface area (Å²) in [4.78, 5) is 22.8. The summed E-state index contributed by atoms with van der Waals surface area (Å²) in [5.41, 5.74) is 1.17. The van der Waals surface area contributed by atoms with E-state index in [1.807, 2.05) is 0 Å². The van der Waals surface area contributed by atoms with Crippen molar-refractivity contribution in [1.82, 2.24) is 15.1 Å². The standard InChI is InChI=1S/C14H16N4O3/c1-10-11(13(19)20)4-2-5-12(10)17-14(21)15-7-9-18-8-3-6-16-18/h2-6,8H,7,9H2,1H3,(H,19,20)(H2,15,17,21). The zero-order valence-corrected chi connectivity index (χ0v) is 11.5. The fourth-order valence-corrected chi connectivity index (χ4v) is 1.89. The van der Waals surface area contributed by atoms with Gasteiger partial charge in [-0.15, -0.1) is 0 Å². The van der Waals surface area contributed by atoms with Gasteiger partial charge in [-0.1, -0.05) is 6.07 Å². The molecule has 0 bridgehead atoms. The van der Waals surface area contributed by atoms with Crippen LogP contribution < -0.4 is 10.6 Å². The van der Waals surface area contributed by atoms with Gasteiger partial charge in [0.15, 0.2) is 0 Å². The SMILES string of the molecule is Cc1c(NC(=O)NCCn2cccn2)cccc1C(=O)O. The third kappa shape index (κ3) is 3.82. The molecule has 1 heterocycles. The molecule has 0 unspecified atom stereocenters. The number of carboxylic acid groups (broad SMARTS) is 1. The molecule has 0 aliphatic heterocycles. The predicted molar refractivity (Wildman–Crippen MR) is 77.4 cm³/mol. The molecule has 0 spiro atoms. The Kier molecular flexibility index (Phi) is 4.55. The Balaban J connectivity index is 1.90. The summed E-state index contributed by atoms with van der Waals surface area (Å²) in [6.07, 6.45) is 3.47. The maximum Gasteiger partial charge on any atom is 0.336 e. The number of nitrogens with zero attached hydrogens (tertiary/aromatic N) is 2. The Morgan fingerprint density at radius 3 is 2.81 bits per heavy atom. The molecule has 2 aromatic rings. The number of amides is 2. The number of benzene rings is 1. The smallest absolute Gasteiger partial charge is 0.336 e. The highest BCUT2D eigenvalue weighted by atomic mass is 16.4. The number of anilines is 1. The van der Waals surface area contributed by atoms with E-state index in [0.717, 1.165) is 0 Å². The zero-order chi connectivity index (χ0) is 15.2. The normalized spacial score (nSPS) is 10.1. The van der Waals surface area contributed by atoms with Gasteiger partial charge in [-0.05, 0) is 30.7 Å². The van der Waals surface area contributed by atoms with Crippen LogP contribution >= 0.6 is 0 Å². The van der Waals surface area contributed by atoms with Crippen molar-refractivity contribution in [2.45, 2.75) is 13.5 Å². The molecule has 7 heteroatoms. The van der Waals surface area contributed by atoms with Crippen LogP contribution in [-0.2, 0) is 6.54 Å². The zero-order valence-electron chi connectivity index (χ0n) is 11.5. The van der Waals surface area contributed by atoms with Crippen molar-refractivity contribution in [3.05, 3.63) is 47.8 Å².